The lowest BCUT2D eigenvalue weighted by Gasteiger charge is -2.09. The predicted octanol–water partition coefficient (Wildman–Crippen LogP) is 1.22. The van der Waals surface area contributed by atoms with Crippen LogP contribution in [0, 0.1) is 5.82 Å². The van der Waals surface area contributed by atoms with Crippen molar-refractivity contribution >= 4 is 18.3 Å². The van der Waals surface area contributed by atoms with E-state index in [1.807, 2.05) is 0 Å². The molecule has 0 saturated heterocycles. The highest BCUT2D eigenvalue weighted by atomic mass is 35.5. The first kappa shape index (κ1) is 15.7. The smallest absolute Gasteiger partial charge is 0.236 e. The van der Waals surface area contributed by atoms with Gasteiger partial charge < -0.3 is 15.8 Å². The number of carbonyl (C=O) groups is 1. The molecule has 0 aliphatic carbocycles. The van der Waals surface area contributed by atoms with Crippen LogP contribution in [0.2, 0.25) is 0 Å². The van der Waals surface area contributed by atoms with Gasteiger partial charge in [-0.2, -0.15) is 0 Å². The summed E-state index contributed by atoms with van der Waals surface area (Å²) in [6.45, 7) is 1.69. The van der Waals surface area contributed by atoms with Gasteiger partial charge in [-0.15, -0.1) is 12.4 Å². The lowest BCUT2D eigenvalue weighted by molar-refractivity contribution is -0.122. The van der Waals surface area contributed by atoms with Crippen LogP contribution in [-0.2, 0) is 11.3 Å². The maximum absolute atomic E-state index is 13.4. The zero-order valence-electron chi connectivity index (χ0n) is 9.70. The van der Waals surface area contributed by atoms with Gasteiger partial charge in [-0.1, -0.05) is 6.07 Å². The number of rotatable bonds is 4. The fourth-order valence-corrected chi connectivity index (χ4v) is 1.14. The molecular weight excluding hydrogens is 247 g/mol. The number of nitrogens with one attached hydrogen (secondary N) is 1. The van der Waals surface area contributed by atoms with E-state index in [4.69, 9.17) is 10.5 Å². The first-order chi connectivity index (χ1) is 7.54. The maximum atomic E-state index is 13.4. The Labute approximate surface area is 106 Å². The largest absolute Gasteiger partial charge is 0.497 e. The average molecular weight is 263 g/mol. The Kier molecular flexibility index (Phi) is 6.53. The zero-order chi connectivity index (χ0) is 12.1. The van der Waals surface area contributed by atoms with Crippen LogP contribution in [0.4, 0.5) is 4.39 Å². The van der Waals surface area contributed by atoms with Gasteiger partial charge in [0.05, 0.1) is 13.2 Å². The van der Waals surface area contributed by atoms with Crippen molar-refractivity contribution in [1.29, 1.82) is 0 Å². The number of methoxy groups -OCH3 is 1. The Morgan fingerprint density at radius 1 is 1.59 bits per heavy atom. The van der Waals surface area contributed by atoms with E-state index in [9.17, 15) is 9.18 Å². The maximum Gasteiger partial charge on any atom is 0.236 e. The highest BCUT2D eigenvalue weighted by Crippen LogP contribution is 2.15. The fraction of sp³-hybridized carbons (Fsp3) is 0.364. The minimum atomic E-state index is -0.596. The molecule has 0 aliphatic heterocycles. The topological polar surface area (TPSA) is 64.3 Å². The number of hydrogen-bond donors (Lipinski definition) is 2. The van der Waals surface area contributed by atoms with Crippen molar-refractivity contribution < 1.29 is 13.9 Å². The van der Waals surface area contributed by atoms with Crippen LogP contribution in [0.5, 0.6) is 5.75 Å². The Morgan fingerprint density at radius 3 is 2.71 bits per heavy atom. The third kappa shape index (κ3) is 4.58. The van der Waals surface area contributed by atoms with E-state index >= 15 is 0 Å². The molecule has 0 aromatic heterocycles. The second-order valence-electron chi connectivity index (χ2n) is 3.46. The van der Waals surface area contributed by atoms with Gasteiger partial charge in [-0.25, -0.2) is 4.39 Å². The highest BCUT2D eigenvalue weighted by Gasteiger charge is 2.09. The number of ether oxygens (including phenoxy) is 1. The summed E-state index contributed by atoms with van der Waals surface area (Å²) in [7, 11) is 1.46. The van der Waals surface area contributed by atoms with E-state index in [0.717, 1.165) is 0 Å². The molecule has 0 aliphatic rings. The van der Waals surface area contributed by atoms with E-state index in [1.54, 1.807) is 19.1 Å². The summed E-state index contributed by atoms with van der Waals surface area (Å²) >= 11 is 0. The van der Waals surface area contributed by atoms with Crippen LogP contribution in [0.3, 0.4) is 0 Å². The van der Waals surface area contributed by atoms with E-state index in [0.29, 0.717) is 11.3 Å². The van der Waals surface area contributed by atoms with Crippen molar-refractivity contribution in [3.63, 3.8) is 0 Å². The average Bonchev–Trinajstić information content (AvgIpc) is 2.26. The summed E-state index contributed by atoms with van der Waals surface area (Å²) in [5.74, 6) is -0.278. The molecule has 0 fully saturated rings. The van der Waals surface area contributed by atoms with Crippen molar-refractivity contribution in [1.82, 2.24) is 5.32 Å². The van der Waals surface area contributed by atoms with E-state index in [-0.39, 0.29) is 24.9 Å². The van der Waals surface area contributed by atoms with Crippen LogP contribution < -0.4 is 15.8 Å². The standard InChI is InChI=1S/C11H15FN2O2.ClH/c1-7(13)11(15)14-6-8-3-4-9(16-2)5-10(8)12;/h3-5,7H,6,13H2,1-2H3,(H,14,15);1H/t7-;/m1./s1. The zero-order valence-corrected chi connectivity index (χ0v) is 10.5. The number of amides is 1. The van der Waals surface area contributed by atoms with Crippen molar-refractivity contribution in [2.75, 3.05) is 7.11 Å². The van der Waals surface area contributed by atoms with Crippen LogP contribution in [-0.4, -0.2) is 19.1 Å². The summed E-state index contributed by atoms with van der Waals surface area (Å²) in [6.07, 6.45) is 0. The molecule has 0 radical (unpaired) electrons. The SMILES string of the molecule is COc1ccc(CNC(=O)[C@@H](C)N)c(F)c1.Cl. The van der Waals surface area contributed by atoms with Crippen LogP contribution >= 0.6 is 12.4 Å². The minimum absolute atomic E-state index is 0. The number of carbonyl (C=O) groups excluding carboxylic acids is 1. The first-order valence-electron chi connectivity index (χ1n) is 4.90. The summed E-state index contributed by atoms with van der Waals surface area (Å²) in [4.78, 5) is 11.2. The second-order valence-corrected chi connectivity index (χ2v) is 3.46. The van der Waals surface area contributed by atoms with Crippen molar-refractivity contribution in [2.24, 2.45) is 5.73 Å². The summed E-state index contributed by atoms with van der Waals surface area (Å²) in [5.41, 5.74) is 5.76. The molecule has 0 saturated carbocycles. The Hall–Kier alpha value is -1.33. The molecule has 0 spiro atoms. The number of benzene rings is 1. The molecule has 4 nitrogen and oxygen atoms in total. The third-order valence-electron chi connectivity index (χ3n) is 2.13. The second kappa shape index (κ2) is 7.09. The summed E-state index contributed by atoms with van der Waals surface area (Å²) in [6, 6.07) is 3.88. The Balaban J connectivity index is 0.00000256. The molecule has 0 unspecified atom stereocenters. The van der Waals surface area contributed by atoms with Gasteiger partial charge in [0, 0.05) is 18.2 Å². The number of nitrogens with two attached hydrogens (primary N) is 1. The quantitative estimate of drug-likeness (QED) is 0.858. The van der Waals surface area contributed by atoms with Gasteiger partial charge in [0.2, 0.25) is 5.91 Å². The fourth-order valence-electron chi connectivity index (χ4n) is 1.14. The van der Waals surface area contributed by atoms with E-state index < -0.39 is 11.9 Å². The van der Waals surface area contributed by atoms with E-state index in [2.05, 4.69) is 5.32 Å². The first-order valence-corrected chi connectivity index (χ1v) is 4.90. The van der Waals surface area contributed by atoms with Gasteiger partial charge in [0.15, 0.2) is 0 Å². The predicted molar refractivity (Wildman–Crippen MR) is 65.7 cm³/mol. The normalized spacial score (nSPS) is 11.3. The molecule has 17 heavy (non-hydrogen) atoms. The molecule has 1 atom stereocenters. The third-order valence-corrected chi connectivity index (χ3v) is 2.13. The monoisotopic (exact) mass is 262 g/mol. The molecule has 96 valence electrons. The van der Waals surface area contributed by atoms with Crippen LogP contribution in [0.1, 0.15) is 12.5 Å². The van der Waals surface area contributed by atoms with Gasteiger partial charge in [0.25, 0.3) is 0 Å². The van der Waals surface area contributed by atoms with Gasteiger partial charge in [-0.05, 0) is 13.0 Å². The molecular formula is C11H16ClFN2O2. The van der Waals surface area contributed by atoms with Crippen LogP contribution in [0.15, 0.2) is 18.2 Å². The molecule has 1 aromatic carbocycles. The Bertz CT molecular complexity index is 386. The molecule has 1 rings (SSSR count). The minimum Gasteiger partial charge on any atom is -0.497 e. The van der Waals surface area contributed by atoms with Gasteiger partial charge in [0.1, 0.15) is 11.6 Å². The van der Waals surface area contributed by atoms with Gasteiger partial charge in [-0.3, -0.25) is 4.79 Å². The summed E-state index contributed by atoms with van der Waals surface area (Å²) < 4.78 is 18.3. The molecule has 6 heteroatoms. The Morgan fingerprint density at radius 2 is 2.24 bits per heavy atom. The van der Waals surface area contributed by atoms with E-state index in [1.165, 1.54) is 13.2 Å². The van der Waals surface area contributed by atoms with Crippen molar-refractivity contribution in [3.8, 4) is 5.75 Å². The molecule has 0 bridgehead atoms. The molecule has 1 amide bonds. The lowest BCUT2D eigenvalue weighted by atomic mass is 10.2. The van der Waals surface area contributed by atoms with Crippen molar-refractivity contribution in [2.45, 2.75) is 19.5 Å². The highest BCUT2D eigenvalue weighted by molar-refractivity contribution is 5.85. The number of hydrogen-bond acceptors (Lipinski definition) is 3. The van der Waals surface area contributed by atoms with Crippen LogP contribution in [0.25, 0.3) is 0 Å². The van der Waals surface area contributed by atoms with Gasteiger partial charge >= 0.3 is 0 Å². The lowest BCUT2D eigenvalue weighted by Crippen LogP contribution is -2.37. The molecule has 3 N–H and O–H groups in total. The van der Waals surface area contributed by atoms with Crippen molar-refractivity contribution in [3.05, 3.63) is 29.6 Å². The number of halogens is 2. The molecule has 0 heterocycles. The summed E-state index contributed by atoms with van der Waals surface area (Å²) in [5, 5.41) is 2.53. The molecule has 1 aromatic rings.